The molecule has 4 N–H and O–H groups in total. The van der Waals surface area contributed by atoms with Crippen molar-refractivity contribution in [2.75, 3.05) is 5.32 Å². The van der Waals surface area contributed by atoms with Crippen molar-refractivity contribution >= 4 is 17.5 Å². The summed E-state index contributed by atoms with van der Waals surface area (Å²) in [5.41, 5.74) is 4.13. The number of phenolic OH excluding ortho intramolecular Hbond substituents is 1. The van der Waals surface area contributed by atoms with Crippen LogP contribution in [0.25, 0.3) is 0 Å². The van der Waals surface area contributed by atoms with Gasteiger partial charge in [-0.2, -0.15) is 13.2 Å². The lowest BCUT2D eigenvalue weighted by Crippen LogP contribution is -2.15. The minimum atomic E-state index is -4.48. The van der Waals surface area contributed by atoms with Crippen molar-refractivity contribution < 1.29 is 27.9 Å². The van der Waals surface area contributed by atoms with E-state index in [1.54, 1.807) is 0 Å². The number of alkyl halides is 3. The van der Waals surface area contributed by atoms with E-state index in [2.05, 4.69) is 5.32 Å². The zero-order valence-electron chi connectivity index (χ0n) is 11.5. The third-order valence-electron chi connectivity index (χ3n) is 3.00. The largest absolute Gasteiger partial charge is 0.507 e. The Morgan fingerprint density at radius 3 is 2.17 bits per heavy atom. The zero-order valence-corrected chi connectivity index (χ0v) is 11.5. The van der Waals surface area contributed by atoms with E-state index in [0.717, 1.165) is 36.4 Å². The zero-order chi connectivity index (χ0) is 17.2. The van der Waals surface area contributed by atoms with Gasteiger partial charge in [0.1, 0.15) is 5.75 Å². The molecular weight excluding hydrogens is 313 g/mol. The Morgan fingerprint density at radius 1 is 1.04 bits per heavy atom. The molecule has 0 aliphatic heterocycles. The SMILES string of the molecule is NC(=O)c1ccc(O)c(C(=O)Nc2ccc(C(F)(F)F)cc2)c1. The Balaban J connectivity index is 2.22. The molecule has 8 heteroatoms. The molecule has 0 saturated carbocycles. The molecule has 0 aromatic heterocycles. The first-order chi connectivity index (χ1) is 10.7. The van der Waals surface area contributed by atoms with Crippen LogP contribution in [0.15, 0.2) is 42.5 Å². The Bertz CT molecular complexity index is 756. The number of hydrogen-bond donors (Lipinski definition) is 3. The molecule has 0 aliphatic carbocycles. The Labute approximate surface area is 128 Å². The van der Waals surface area contributed by atoms with Gasteiger partial charge >= 0.3 is 6.18 Å². The molecule has 0 heterocycles. The van der Waals surface area contributed by atoms with E-state index in [-0.39, 0.29) is 22.6 Å². The maximum absolute atomic E-state index is 12.5. The minimum absolute atomic E-state index is 0.0142. The topological polar surface area (TPSA) is 92.4 Å². The van der Waals surface area contributed by atoms with Crippen molar-refractivity contribution in [3.63, 3.8) is 0 Å². The van der Waals surface area contributed by atoms with Gasteiger partial charge in [0.25, 0.3) is 5.91 Å². The molecule has 0 atom stereocenters. The summed E-state index contributed by atoms with van der Waals surface area (Å²) in [5, 5.41) is 12.0. The van der Waals surface area contributed by atoms with Gasteiger partial charge in [0.2, 0.25) is 5.91 Å². The van der Waals surface area contributed by atoms with E-state index in [1.165, 1.54) is 6.07 Å². The van der Waals surface area contributed by atoms with Crippen LogP contribution in [0.5, 0.6) is 5.75 Å². The van der Waals surface area contributed by atoms with Crippen LogP contribution < -0.4 is 11.1 Å². The van der Waals surface area contributed by atoms with Gasteiger partial charge in [0, 0.05) is 11.3 Å². The number of carbonyl (C=O) groups excluding carboxylic acids is 2. The second kappa shape index (κ2) is 5.99. The molecule has 0 radical (unpaired) electrons. The molecule has 0 saturated heterocycles. The number of rotatable bonds is 3. The number of carbonyl (C=O) groups is 2. The number of halogens is 3. The molecule has 0 bridgehead atoms. The Morgan fingerprint density at radius 2 is 1.65 bits per heavy atom. The van der Waals surface area contributed by atoms with Gasteiger partial charge in [-0.15, -0.1) is 0 Å². The highest BCUT2D eigenvalue weighted by molar-refractivity contribution is 6.07. The predicted octanol–water partition coefficient (Wildman–Crippen LogP) is 2.76. The van der Waals surface area contributed by atoms with Crippen molar-refractivity contribution in [1.29, 1.82) is 0 Å². The number of nitrogens with one attached hydrogen (secondary N) is 1. The van der Waals surface area contributed by atoms with Gasteiger partial charge in [-0.3, -0.25) is 9.59 Å². The molecule has 23 heavy (non-hydrogen) atoms. The fourth-order valence-electron chi connectivity index (χ4n) is 1.81. The first-order valence-electron chi connectivity index (χ1n) is 6.30. The van der Waals surface area contributed by atoms with Crippen LogP contribution in [-0.4, -0.2) is 16.9 Å². The highest BCUT2D eigenvalue weighted by Crippen LogP contribution is 2.30. The average molecular weight is 324 g/mol. The van der Waals surface area contributed by atoms with Crippen LogP contribution in [0.3, 0.4) is 0 Å². The van der Waals surface area contributed by atoms with Gasteiger partial charge in [0.05, 0.1) is 11.1 Å². The molecule has 0 spiro atoms. The van der Waals surface area contributed by atoms with Crippen molar-refractivity contribution in [3.8, 4) is 5.75 Å². The quantitative estimate of drug-likeness (QED) is 0.810. The second-order valence-electron chi connectivity index (χ2n) is 4.63. The fourth-order valence-corrected chi connectivity index (χ4v) is 1.81. The summed E-state index contributed by atoms with van der Waals surface area (Å²) in [6.45, 7) is 0. The monoisotopic (exact) mass is 324 g/mol. The number of primary amides is 1. The standard InChI is InChI=1S/C15H11F3N2O3/c16-15(17,18)9-2-4-10(5-3-9)20-14(23)11-7-8(13(19)22)1-6-12(11)21/h1-7,21H,(H2,19,22)(H,20,23). The molecule has 0 unspecified atom stereocenters. The molecule has 0 fully saturated rings. The smallest absolute Gasteiger partial charge is 0.416 e. The summed E-state index contributed by atoms with van der Waals surface area (Å²) in [7, 11) is 0. The lowest BCUT2D eigenvalue weighted by Gasteiger charge is -2.10. The van der Waals surface area contributed by atoms with Crippen molar-refractivity contribution in [2.24, 2.45) is 5.73 Å². The summed E-state index contributed by atoms with van der Waals surface area (Å²) < 4.78 is 37.4. The van der Waals surface area contributed by atoms with Crippen molar-refractivity contribution in [2.45, 2.75) is 6.18 Å². The maximum Gasteiger partial charge on any atom is 0.416 e. The van der Waals surface area contributed by atoms with Crippen LogP contribution in [-0.2, 0) is 6.18 Å². The average Bonchev–Trinajstić information content (AvgIpc) is 2.47. The number of anilines is 1. The van der Waals surface area contributed by atoms with Crippen molar-refractivity contribution in [3.05, 3.63) is 59.2 Å². The summed E-state index contributed by atoms with van der Waals surface area (Å²) in [6, 6.07) is 7.25. The minimum Gasteiger partial charge on any atom is -0.507 e. The third kappa shape index (κ3) is 3.79. The lowest BCUT2D eigenvalue weighted by atomic mass is 10.1. The first kappa shape index (κ1) is 16.3. The van der Waals surface area contributed by atoms with Gasteiger partial charge in [0.15, 0.2) is 0 Å². The first-order valence-corrected chi connectivity index (χ1v) is 6.30. The fraction of sp³-hybridized carbons (Fsp3) is 0.0667. The van der Waals surface area contributed by atoms with Crippen molar-refractivity contribution in [1.82, 2.24) is 0 Å². The molecule has 0 aliphatic rings. The molecule has 2 aromatic rings. The van der Waals surface area contributed by atoms with E-state index in [1.807, 2.05) is 0 Å². The number of phenols is 1. The summed E-state index contributed by atoms with van der Waals surface area (Å²) in [6.07, 6.45) is -4.48. The summed E-state index contributed by atoms with van der Waals surface area (Å²) >= 11 is 0. The Kier molecular flexibility index (Phi) is 4.26. The van der Waals surface area contributed by atoms with Gasteiger partial charge in [-0.05, 0) is 42.5 Å². The molecular formula is C15H11F3N2O3. The molecule has 2 rings (SSSR count). The lowest BCUT2D eigenvalue weighted by molar-refractivity contribution is -0.137. The summed E-state index contributed by atoms with van der Waals surface area (Å²) in [4.78, 5) is 23.1. The number of hydrogen-bond acceptors (Lipinski definition) is 3. The maximum atomic E-state index is 12.5. The van der Waals surface area contributed by atoms with Gasteiger partial charge < -0.3 is 16.2 Å². The Hall–Kier alpha value is -3.03. The van der Waals surface area contributed by atoms with E-state index in [0.29, 0.717) is 0 Å². The molecule has 120 valence electrons. The van der Waals surface area contributed by atoms with Crippen LogP contribution in [0.2, 0.25) is 0 Å². The van der Waals surface area contributed by atoms with Crippen LogP contribution >= 0.6 is 0 Å². The number of aromatic hydroxyl groups is 1. The molecule has 2 aromatic carbocycles. The van der Waals surface area contributed by atoms with E-state index >= 15 is 0 Å². The van der Waals surface area contributed by atoms with E-state index in [9.17, 15) is 27.9 Å². The molecule has 5 nitrogen and oxygen atoms in total. The van der Waals surface area contributed by atoms with Gasteiger partial charge in [-0.25, -0.2) is 0 Å². The predicted molar refractivity (Wildman–Crippen MR) is 76.0 cm³/mol. The van der Waals surface area contributed by atoms with Crippen LogP contribution in [0.4, 0.5) is 18.9 Å². The highest BCUT2D eigenvalue weighted by Gasteiger charge is 2.30. The van der Waals surface area contributed by atoms with Crippen LogP contribution in [0, 0.1) is 0 Å². The number of benzene rings is 2. The summed E-state index contributed by atoms with van der Waals surface area (Å²) in [5.74, 6) is -1.96. The van der Waals surface area contributed by atoms with E-state index < -0.39 is 23.6 Å². The van der Waals surface area contributed by atoms with E-state index in [4.69, 9.17) is 5.73 Å². The molecule has 2 amide bonds. The second-order valence-corrected chi connectivity index (χ2v) is 4.63. The van der Waals surface area contributed by atoms with Crippen LogP contribution in [0.1, 0.15) is 26.3 Å². The normalized spacial score (nSPS) is 11.1. The highest BCUT2D eigenvalue weighted by atomic mass is 19.4. The third-order valence-corrected chi connectivity index (χ3v) is 3.00. The number of amides is 2. The number of nitrogens with two attached hydrogens (primary N) is 1. The van der Waals surface area contributed by atoms with Gasteiger partial charge in [-0.1, -0.05) is 0 Å².